The molecule has 0 atom stereocenters. The second-order valence-electron chi connectivity index (χ2n) is 5.31. The summed E-state index contributed by atoms with van der Waals surface area (Å²) in [7, 11) is 2.05. The molecule has 0 bridgehead atoms. The lowest BCUT2D eigenvalue weighted by Crippen LogP contribution is -2.17. The average molecular weight is 294 g/mol. The number of aryl methyl sites for hydroxylation is 1. The predicted octanol–water partition coefficient (Wildman–Crippen LogP) is 3.07. The van der Waals surface area contributed by atoms with Gasteiger partial charge in [-0.2, -0.15) is 0 Å². The summed E-state index contributed by atoms with van der Waals surface area (Å²) in [5.41, 5.74) is 1.85. The summed E-state index contributed by atoms with van der Waals surface area (Å²) in [6.07, 6.45) is 5.44. The van der Waals surface area contributed by atoms with Crippen molar-refractivity contribution in [2.24, 2.45) is 0 Å². The van der Waals surface area contributed by atoms with E-state index in [4.69, 9.17) is 4.42 Å². The Kier molecular flexibility index (Phi) is 4.25. The van der Waals surface area contributed by atoms with E-state index in [0.29, 0.717) is 5.82 Å². The van der Waals surface area contributed by atoms with Crippen molar-refractivity contribution >= 4 is 0 Å². The van der Waals surface area contributed by atoms with Crippen LogP contribution in [-0.2, 0) is 13.1 Å². The fourth-order valence-corrected chi connectivity index (χ4v) is 2.27. The maximum absolute atomic E-state index is 5.59. The number of hydrogen-bond donors (Lipinski definition) is 0. The second-order valence-corrected chi connectivity index (χ2v) is 5.31. The number of pyridine rings is 1. The standard InChI is InChI=1S/C17H18N4O/c1-13-6-7-15(22-13)12-21(2)11-14-9-19-17(20-10-14)16-5-3-4-8-18-16/h3-10H,11-12H2,1-2H3. The topological polar surface area (TPSA) is 55.1 Å². The van der Waals surface area contributed by atoms with E-state index < -0.39 is 0 Å². The first-order valence-corrected chi connectivity index (χ1v) is 7.17. The molecule has 3 heterocycles. The zero-order valence-corrected chi connectivity index (χ0v) is 12.7. The van der Waals surface area contributed by atoms with E-state index in [2.05, 4.69) is 19.9 Å². The average Bonchev–Trinajstić information content (AvgIpc) is 2.94. The fourth-order valence-electron chi connectivity index (χ4n) is 2.27. The summed E-state index contributed by atoms with van der Waals surface area (Å²) in [6.45, 7) is 3.48. The third-order valence-electron chi connectivity index (χ3n) is 3.27. The highest BCUT2D eigenvalue weighted by molar-refractivity contribution is 5.47. The van der Waals surface area contributed by atoms with Gasteiger partial charge >= 0.3 is 0 Å². The first-order chi connectivity index (χ1) is 10.7. The van der Waals surface area contributed by atoms with Crippen molar-refractivity contribution in [2.75, 3.05) is 7.05 Å². The van der Waals surface area contributed by atoms with Gasteiger partial charge in [0.1, 0.15) is 17.2 Å². The Labute approximate surface area is 129 Å². The molecule has 5 nitrogen and oxygen atoms in total. The summed E-state index contributed by atoms with van der Waals surface area (Å²) in [5.74, 6) is 2.55. The minimum Gasteiger partial charge on any atom is -0.465 e. The zero-order valence-electron chi connectivity index (χ0n) is 12.7. The SMILES string of the molecule is Cc1ccc(CN(C)Cc2cnc(-c3ccccn3)nc2)o1. The Hall–Kier alpha value is -2.53. The fraction of sp³-hybridized carbons (Fsp3) is 0.235. The van der Waals surface area contributed by atoms with Gasteiger partial charge in [-0.15, -0.1) is 0 Å². The first-order valence-electron chi connectivity index (χ1n) is 7.17. The van der Waals surface area contributed by atoms with Crippen LogP contribution in [0.2, 0.25) is 0 Å². The minimum absolute atomic E-state index is 0.647. The summed E-state index contributed by atoms with van der Waals surface area (Å²) in [4.78, 5) is 15.2. The summed E-state index contributed by atoms with van der Waals surface area (Å²) >= 11 is 0. The maximum atomic E-state index is 5.59. The van der Waals surface area contributed by atoms with Crippen LogP contribution in [0.5, 0.6) is 0 Å². The van der Waals surface area contributed by atoms with Gasteiger partial charge in [0.25, 0.3) is 0 Å². The zero-order chi connectivity index (χ0) is 15.4. The normalized spacial score (nSPS) is 11.0. The van der Waals surface area contributed by atoms with Crippen LogP contribution in [0.25, 0.3) is 11.5 Å². The molecule has 3 aromatic heterocycles. The smallest absolute Gasteiger partial charge is 0.178 e. The van der Waals surface area contributed by atoms with Crippen LogP contribution in [0.4, 0.5) is 0 Å². The van der Waals surface area contributed by atoms with Gasteiger partial charge in [-0.05, 0) is 38.2 Å². The lowest BCUT2D eigenvalue weighted by atomic mass is 10.3. The molecule has 0 aromatic carbocycles. The molecule has 0 aliphatic carbocycles. The Morgan fingerprint density at radius 1 is 1.00 bits per heavy atom. The minimum atomic E-state index is 0.647. The Bertz CT molecular complexity index is 722. The molecule has 0 aliphatic heterocycles. The van der Waals surface area contributed by atoms with Crippen molar-refractivity contribution in [3.63, 3.8) is 0 Å². The highest BCUT2D eigenvalue weighted by Crippen LogP contribution is 2.13. The lowest BCUT2D eigenvalue weighted by Gasteiger charge is -2.14. The molecule has 0 fully saturated rings. The second kappa shape index (κ2) is 6.49. The van der Waals surface area contributed by atoms with Crippen LogP contribution in [0.3, 0.4) is 0 Å². The predicted molar refractivity (Wildman–Crippen MR) is 83.9 cm³/mol. The number of hydrogen-bond acceptors (Lipinski definition) is 5. The molecule has 0 saturated carbocycles. The van der Waals surface area contributed by atoms with E-state index >= 15 is 0 Å². The van der Waals surface area contributed by atoms with Crippen LogP contribution >= 0.6 is 0 Å². The molecule has 0 radical (unpaired) electrons. The van der Waals surface area contributed by atoms with Gasteiger partial charge < -0.3 is 4.42 Å². The molecule has 22 heavy (non-hydrogen) atoms. The van der Waals surface area contributed by atoms with Gasteiger partial charge in [-0.3, -0.25) is 9.88 Å². The van der Waals surface area contributed by atoms with Gasteiger partial charge in [0.2, 0.25) is 0 Å². The molecule has 0 spiro atoms. The molecule has 0 saturated heterocycles. The quantitative estimate of drug-likeness (QED) is 0.724. The molecular formula is C17H18N4O. The molecule has 3 aromatic rings. The van der Waals surface area contributed by atoms with E-state index in [1.807, 2.05) is 56.7 Å². The van der Waals surface area contributed by atoms with Crippen LogP contribution < -0.4 is 0 Å². The lowest BCUT2D eigenvalue weighted by molar-refractivity contribution is 0.284. The van der Waals surface area contributed by atoms with Gasteiger partial charge in [-0.25, -0.2) is 9.97 Å². The summed E-state index contributed by atoms with van der Waals surface area (Å²) < 4.78 is 5.59. The Balaban J connectivity index is 1.63. The molecule has 5 heteroatoms. The largest absolute Gasteiger partial charge is 0.465 e. The van der Waals surface area contributed by atoms with Crippen molar-refractivity contribution in [2.45, 2.75) is 20.0 Å². The van der Waals surface area contributed by atoms with E-state index in [1.165, 1.54) is 0 Å². The summed E-state index contributed by atoms with van der Waals surface area (Å²) in [5, 5.41) is 0. The van der Waals surface area contributed by atoms with E-state index in [9.17, 15) is 0 Å². The van der Waals surface area contributed by atoms with Gasteiger partial charge in [0.05, 0.1) is 6.54 Å². The summed E-state index contributed by atoms with van der Waals surface area (Å²) in [6, 6.07) is 9.70. The third kappa shape index (κ3) is 3.56. The van der Waals surface area contributed by atoms with Crippen molar-refractivity contribution in [1.29, 1.82) is 0 Å². The molecule has 0 unspecified atom stereocenters. The number of furan rings is 1. The van der Waals surface area contributed by atoms with Crippen molar-refractivity contribution in [1.82, 2.24) is 19.9 Å². The monoisotopic (exact) mass is 294 g/mol. The molecule has 0 aliphatic rings. The van der Waals surface area contributed by atoms with Gasteiger partial charge in [0, 0.05) is 30.7 Å². The molecular weight excluding hydrogens is 276 g/mol. The molecule has 0 amide bonds. The Morgan fingerprint density at radius 2 is 1.82 bits per heavy atom. The number of nitrogens with zero attached hydrogens (tertiary/aromatic N) is 4. The van der Waals surface area contributed by atoms with Crippen LogP contribution in [0.1, 0.15) is 17.1 Å². The van der Waals surface area contributed by atoms with Gasteiger partial charge in [0.15, 0.2) is 5.82 Å². The highest BCUT2D eigenvalue weighted by atomic mass is 16.3. The highest BCUT2D eigenvalue weighted by Gasteiger charge is 2.07. The van der Waals surface area contributed by atoms with Crippen molar-refractivity contribution < 1.29 is 4.42 Å². The molecule has 112 valence electrons. The van der Waals surface area contributed by atoms with Crippen molar-refractivity contribution in [3.05, 3.63) is 66.0 Å². The van der Waals surface area contributed by atoms with Crippen molar-refractivity contribution in [3.8, 4) is 11.5 Å². The van der Waals surface area contributed by atoms with E-state index in [1.54, 1.807) is 6.20 Å². The van der Waals surface area contributed by atoms with Crippen LogP contribution in [0.15, 0.2) is 53.3 Å². The number of rotatable bonds is 5. The first kappa shape index (κ1) is 14.4. The maximum Gasteiger partial charge on any atom is 0.178 e. The number of aromatic nitrogens is 3. The van der Waals surface area contributed by atoms with Crippen LogP contribution in [-0.4, -0.2) is 26.9 Å². The molecule has 0 N–H and O–H groups in total. The van der Waals surface area contributed by atoms with E-state index in [0.717, 1.165) is 35.9 Å². The van der Waals surface area contributed by atoms with Crippen LogP contribution in [0, 0.1) is 6.92 Å². The van der Waals surface area contributed by atoms with Gasteiger partial charge in [-0.1, -0.05) is 6.07 Å². The third-order valence-corrected chi connectivity index (χ3v) is 3.27. The molecule has 3 rings (SSSR count). The Morgan fingerprint density at radius 3 is 2.45 bits per heavy atom. The van der Waals surface area contributed by atoms with E-state index in [-0.39, 0.29) is 0 Å².